The Morgan fingerprint density at radius 1 is 0.973 bits per heavy atom. The van der Waals surface area contributed by atoms with Gasteiger partial charge < -0.3 is 10.1 Å². The number of hydrogen-bond donors (Lipinski definition) is 1. The van der Waals surface area contributed by atoms with E-state index in [9.17, 15) is 18.0 Å². The molecule has 1 heterocycles. The Morgan fingerprint density at radius 3 is 2.43 bits per heavy atom. The van der Waals surface area contributed by atoms with E-state index >= 15 is 0 Å². The highest BCUT2D eigenvalue weighted by Gasteiger charge is 2.32. The van der Waals surface area contributed by atoms with E-state index in [1.54, 1.807) is 61.3 Å². The molecule has 0 unspecified atom stereocenters. The van der Waals surface area contributed by atoms with Crippen molar-refractivity contribution in [2.45, 2.75) is 31.5 Å². The molecule has 0 bridgehead atoms. The van der Waals surface area contributed by atoms with Gasteiger partial charge in [-0.05, 0) is 60.2 Å². The number of ether oxygens (including phenoxy) is 1. The largest absolute Gasteiger partial charge is 0.573 e. The molecule has 190 valence electrons. The van der Waals surface area contributed by atoms with Crippen LogP contribution in [0.15, 0.2) is 83.9 Å². The summed E-state index contributed by atoms with van der Waals surface area (Å²) in [4.78, 5) is 22.5. The van der Waals surface area contributed by atoms with Gasteiger partial charge in [-0.25, -0.2) is 9.97 Å². The maximum absolute atomic E-state index is 13.1. The van der Waals surface area contributed by atoms with Crippen molar-refractivity contribution in [1.29, 1.82) is 0 Å². The average molecular weight is 524 g/mol. The van der Waals surface area contributed by atoms with Crippen LogP contribution in [0.25, 0.3) is 22.4 Å². The standard InChI is InChI=1S/C28H24F3N3O2S/c1-3-37-21-11-8-19(9-12-21)16-27(35)34-20-10-13-22(24(17-20)25-14-15-32-18(2)33-25)23-6-4-5-7-26(23)36-28(29,30)31/h4-15,17H,3,16H2,1-2H3,(H,34,35). The number of rotatable bonds is 8. The first-order chi connectivity index (χ1) is 17.7. The Bertz CT molecular complexity index is 1390. The number of carbonyl (C=O) groups is 1. The minimum absolute atomic E-state index is 0.184. The molecule has 1 amide bonds. The van der Waals surface area contributed by atoms with Crippen LogP contribution in [0.4, 0.5) is 18.9 Å². The van der Waals surface area contributed by atoms with Crippen molar-refractivity contribution in [3.63, 3.8) is 0 Å². The molecule has 0 atom stereocenters. The van der Waals surface area contributed by atoms with Crippen LogP contribution in [-0.2, 0) is 11.2 Å². The highest BCUT2D eigenvalue weighted by Crippen LogP contribution is 2.40. The number of nitrogens with zero attached hydrogens (tertiary/aromatic N) is 2. The highest BCUT2D eigenvalue weighted by molar-refractivity contribution is 7.99. The summed E-state index contributed by atoms with van der Waals surface area (Å²) >= 11 is 1.73. The molecule has 3 aromatic carbocycles. The first-order valence-electron chi connectivity index (χ1n) is 11.5. The molecule has 0 aliphatic heterocycles. The average Bonchev–Trinajstić information content (AvgIpc) is 2.85. The Labute approximate surface area is 217 Å². The summed E-state index contributed by atoms with van der Waals surface area (Å²) in [5.74, 6) is 0.928. The number of para-hydroxylation sites is 1. The molecule has 37 heavy (non-hydrogen) atoms. The second-order valence-electron chi connectivity index (χ2n) is 8.10. The van der Waals surface area contributed by atoms with Crippen LogP contribution in [0.1, 0.15) is 18.3 Å². The van der Waals surface area contributed by atoms with Crippen molar-refractivity contribution in [1.82, 2.24) is 9.97 Å². The van der Waals surface area contributed by atoms with Gasteiger partial charge in [0, 0.05) is 27.9 Å². The molecule has 0 saturated heterocycles. The van der Waals surface area contributed by atoms with Gasteiger partial charge >= 0.3 is 6.36 Å². The SMILES string of the molecule is CCSc1ccc(CC(=O)Nc2ccc(-c3ccccc3OC(F)(F)F)c(-c3ccnc(C)n3)c2)cc1. The maximum Gasteiger partial charge on any atom is 0.573 e. The molecular formula is C28H24F3N3O2S. The van der Waals surface area contributed by atoms with Crippen molar-refractivity contribution in [3.8, 4) is 28.1 Å². The van der Waals surface area contributed by atoms with E-state index in [0.717, 1.165) is 16.2 Å². The van der Waals surface area contributed by atoms with Crippen molar-refractivity contribution >= 4 is 23.4 Å². The number of thioether (sulfide) groups is 1. The van der Waals surface area contributed by atoms with Crippen molar-refractivity contribution in [2.24, 2.45) is 0 Å². The predicted molar refractivity (Wildman–Crippen MR) is 139 cm³/mol. The smallest absolute Gasteiger partial charge is 0.405 e. The van der Waals surface area contributed by atoms with Gasteiger partial charge in [0.25, 0.3) is 0 Å². The maximum atomic E-state index is 13.1. The van der Waals surface area contributed by atoms with Gasteiger partial charge in [-0.15, -0.1) is 24.9 Å². The molecule has 0 saturated carbocycles. The molecule has 1 aromatic heterocycles. The monoisotopic (exact) mass is 523 g/mol. The van der Waals surface area contributed by atoms with Crippen LogP contribution in [0.5, 0.6) is 5.75 Å². The molecule has 5 nitrogen and oxygen atoms in total. The van der Waals surface area contributed by atoms with E-state index in [1.165, 1.54) is 12.1 Å². The van der Waals surface area contributed by atoms with Crippen molar-refractivity contribution in [3.05, 3.63) is 90.4 Å². The molecule has 0 spiro atoms. The highest BCUT2D eigenvalue weighted by atomic mass is 32.2. The summed E-state index contributed by atoms with van der Waals surface area (Å²) in [6.07, 6.45) is -3.09. The summed E-state index contributed by atoms with van der Waals surface area (Å²) in [6, 6.07) is 20.4. The lowest BCUT2D eigenvalue weighted by atomic mass is 9.96. The first kappa shape index (κ1) is 26.2. The quantitative estimate of drug-likeness (QED) is 0.245. The first-order valence-corrected chi connectivity index (χ1v) is 12.5. The molecule has 4 rings (SSSR count). The minimum atomic E-state index is -4.84. The second kappa shape index (κ2) is 11.5. The van der Waals surface area contributed by atoms with Crippen LogP contribution < -0.4 is 10.1 Å². The number of aryl methyl sites for hydroxylation is 1. The van der Waals surface area contributed by atoms with E-state index in [4.69, 9.17) is 0 Å². The van der Waals surface area contributed by atoms with E-state index in [0.29, 0.717) is 28.3 Å². The topological polar surface area (TPSA) is 64.1 Å². The van der Waals surface area contributed by atoms with Gasteiger partial charge in [0.2, 0.25) is 5.91 Å². The van der Waals surface area contributed by atoms with Crippen molar-refractivity contribution in [2.75, 3.05) is 11.1 Å². The van der Waals surface area contributed by atoms with Crippen LogP contribution in [0.3, 0.4) is 0 Å². The second-order valence-corrected chi connectivity index (χ2v) is 9.43. The summed E-state index contributed by atoms with van der Waals surface area (Å²) in [5, 5.41) is 2.89. The lowest BCUT2D eigenvalue weighted by molar-refractivity contribution is -0.274. The molecular weight excluding hydrogens is 499 g/mol. The minimum Gasteiger partial charge on any atom is -0.405 e. The van der Waals surface area contributed by atoms with E-state index < -0.39 is 6.36 Å². The number of hydrogen-bond acceptors (Lipinski definition) is 5. The summed E-state index contributed by atoms with van der Waals surface area (Å²) in [5.41, 5.74) is 3.12. The van der Waals surface area contributed by atoms with E-state index in [-0.39, 0.29) is 23.6 Å². The lowest BCUT2D eigenvalue weighted by Gasteiger charge is -2.17. The summed E-state index contributed by atoms with van der Waals surface area (Å²) < 4.78 is 43.5. The van der Waals surface area contributed by atoms with Crippen molar-refractivity contribution < 1.29 is 22.7 Å². The zero-order valence-corrected chi connectivity index (χ0v) is 21.0. The molecule has 0 fully saturated rings. The molecule has 1 N–H and O–H groups in total. The fraction of sp³-hybridized carbons (Fsp3) is 0.179. The third-order valence-electron chi connectivity index (χ3n) is 5.36. The lowest BCUT2D eigenvalue weighted by Crippen LogP contribution is -2.17. The number of anilines is 1. The normalized spacial score (nSPS) is 11.3. The molecule has 4 aromatic rings. The van der Waals surface area contributed by atoms with Crippen LogP contribution in [0.2, 0.25) is 0 Å². The van der Waals surface area contributed by atoms with Crippen LogP contribution in [0, 0.1) is 6.92 Å². The van der Waals surface area contributed by atoms with Crippen LogP contribution >= 0.6 is 11.8 Å². The Kier molecular flexibility index (Phi) is 8.13. The molecule has 9 heteroatoms. The molecule has 0 aliphatic carbocycles. The van der Waals surface area contributed by atoms with Gasteiger partial charge in [0.15, 0.2) is 0 Å². The van der Waals surface area contributed by atoms with Gasteiger partial charge in [-0.2, -0.15) is 0 Å². The fourth-order valence-corrected chi connectivity index (χ4v) is 4.50. The van der Waals surface area contributed by atoms with Gasteiger partial charge in [0.1, 0.15) is 11.6 Å². The molecule has 0 radical (unpaired) electrons. The fourth-order valence-electron chi connectivity index (χ4n) is 3.84. The third kappa shape index (κ3) is 7.10. The Balaban J connectivity index is 1.67. The van der Waals surface area contributed by atoms with Crippen LogP contribution in [-0.4, -0.2) is 28.0 Å². The predicted octanol–water partition coefficient (Wildman–Crippen LogP) is 7.31. The number of halogens is 3. The number of nitrogens with one attached hydrogen (secondary N) is 1. The Morgan fingerprint density at radius 2 is 1.73 bits per heavy atom. The third-order valence-corrected chi connectivity index (χ3v) is 6.25. The van der Waals surface area contributed by atoms with Gasteiger partial charge in [-0.3, -0.25) is 4.79 Å². The number of amides is 1. The number of alkyl halides is 3. The van der Waals surface area contributed by atoms with Gasteiger partial charge in [0.05, 0.1) is 12.1 Å². The summed E-state index contributed by atoms with van der Waals surface area (Å²) in [6.45, 7) is 3.80. The number of carbonyl (C=O) groups excluding carboxylic acids is 1. The zero-order chi connectivity index (χ0) is 26.4. The number of aromatic nitrogens is 2. The van der Waals surface area contributed by atoms with Gasteiger partial charge in [-0.1, -0.05) is 43.3 Å². The Hall–Kier alpha value is -3.85. The number of benzene rings is 3. The summed E-state index contributed by atoms with van der Waals surface area (Å²) in [7, 11) is 0. The van der Waals surface area contributed by atoms with E-state index in [1.807, 2.05) is 24.3 Å². The molecule has 0 aliphatic rings. The van der Waals surface area contributed by atoms with E-state index in [2.05, 4.69) is 26.9 Å². The zero-order valence-electron chi connectivity index (χ0n) is 20.2.